The number of aryl methyl sites for hydroxylation is 1. The molecule has 0 saturated carbocycles. The smallest absolute Gasteiger partial charge is 0.316 e. The lowest BCUT2D eigenvalue weighted by Gasteiger charge is -2.07. The Morgan fingerprint density at radius 3 is 2.38 bits per heavy atom. The summed E-state index contributed by atoms with van der Waals surface area (Å²) in [6.07, 6.45) is 0. The van der Waals surface area contributed by atoms with Gasteiger partial charge in [-0.1, -0.05) is 11.2 Å². The first kappa shape index (κ1) is 22.5. The fourth-order valence-corrected chi connectivity index (χ4v) is 2.88. The standard InChI is InChI=1S/C18H17F2N7O5/c1-9-15(27(30)31)10(2)26(24-9)8-13-23-18(32-25-13)17(29)22-7-6-21-16(28)14-11(19)4-3-5-12(14)20/h3-5H,6-8H2,1-2H3,(H,21,28)(H,22,29). The van der Waals surface area contributed by atoms with E-state index in [-0.39, 0.29) is 42.7 Å². The normalized spacial score (nSPS) is 10.8. The summed E-state index contributed by atoms with van der Waals surface area (Å²) in [6.45, 7) is 2.77. The second-order valence-electron chi connectivity index (χ2n) is 6.56. The van der Waals surface area contributed by atoms with Gasteiger partial charge in [0, 0.05) is 13.1 Å². The summed E-state index contributed by atoms with van der Waals surface area (Å²) >= 11 is 0. The predicted molar refractivity (Wildman–Crippen MR) is 103 cm³/mol. The van der Waals surface area contributed by atoms with Crippen LogP contribution in [0.1, 0.15) is 38.3 Å². The number of hydrogen-bond donors (Lipinski definition) is 2. The van der Waals surface area contributed by atoms with Crippen LogP contribution in [-0.4, -0.2) is 49.7 Å². The molecule has 2 N–H and O–H groups in total. The second-order valence-corrected chi connectivity index (χ2v) is 6.56. The third kappa shape index (κ3) is 4.74. The first-order chi connectivity index (χ1) is 15.2. The lowest BCUT2D eigenvalue weighted by Crippen LogP contribution is -2.35. The Hall–Kier alpha value is -4.23. The summed E-state index contributed by atoms with van der Waals surface area (Å²) < 4.78 is 33.3. The molecular weight excluding hydrogens is 432 g/mol. The predicted octanol–water partition coefficient (Wildman–Crippen LogP) is 1.28. The molecule has 168 valence electrons. The summed E-state index contributed by atoms with van der Waals surface area (Å²) in [4.78, 5) is 38.4. The maximum absolute atomic E-state index is 13.6. The van der Waals surface area contributed by atoms with Crippen LogP contribution < -0.4 is 10.6 Å². The van der Waals surface area contributed by atoms with Crippen molar-refractivity contribution in [2.75, 3.05) is 13.1 Å². The molecule has 12 nitrogen and oxygen atoms in total. The Balaban J connectivity index is 1.53. The Morgan fingerprint density at radius 1 is 1.16 bits per heavy atom. The van der Waals surface area contributed by atoms with Gasteiger partial charge < -0.3 is 15.2 Å². The quantitative estimate of drug-likeness (QED) is 0.296. The van der Waals surface area contributed by atoms with Gasteiger partial charge in [-0.05, 0) is 26.0 Å². The van der Waals surface area contributed by atoms with Crippen LogP contribution in [0.15, 0.2) is 22.7 Å². The molecule has 0 atom stereocenters. The highest BCUT2D eigenvalue weighted by Crippen LogP contribution is 2.22. The molecule has 0 saturated heterocycles. The van der Waals surface area contributed by atoms with Gasteiger partial charge in [0.25, 0.3) is 5.91 Å². The Labute approximate surface area is 178 Å². The third-order valence-electron chi connectivity index (χ3n) is 4.37. The van der Waals surface area contributed by atoms with Crippen molar-refractivity contribution in [3.8, 4) is 0 Å². The van der Waals surface area contributed by atoms with Crippen LogP contribution in [0, 0.1) is 35.6 Å². The largest absolute Gasteiger partial charge is 0.350 e. The van der Waals surface area contributed by atoms with Crippen LogP contribution in [0.3, 0.4) is 0 Å². The molecule has 32 heavy (non-hydrogen) atoms. The van der Waals surface area contributed by atoms with Gasteiger partial charge in [-0.15, -0.1) is 0 Å². The molecule has 0 bridgehead atoms. The molecule has 0 spiro atoms. The van der Waals surface area contributed by atoms with Gasteiger partial charge in [0.05, 0.1) is 4.92 Å². The van der Waals surface area contributed by atoms with E-state index in [1.807, 2.05) is 0 Å². The molecule has 2 heterocycles. The minimum absolute atomic E-state index is 0.0540. The van der Waals surface area contributed by atoms with Crippen molar-refractivity contribution in [3.05, 3.63) is 68.6 Å². The molecule has 14 heteroatoms. The minimum atomic E-state index is -1.00. The van der Waals surface area contributed by atoms with Gasteiger partial charge in [-0.2, -0.15) is 10.1 Å². The summed E-state index contributed by atoms with van der Waals surface area (Å²) in [5, 5.41) is 23.4. The fourth-order valence-electron chi connectivity index (χ4n) is 2.88. The average Bonchev–Trinajstić information content (AvgIpc) is 3.29. The zero-order chi connectivity index (χ0) is 23.4. The van der Waals surface area contributed by atoms with E-state index in [2.05, 4.69) is 25.9 Å². The molecule has 2 aromatic heterocycles. The number of nitrogens with one attached hydrogen (secondary N) is 2. The van der Waals surface area contributed by atoms with Gasteiger partial charge >= 0.3 is 17.5 Å². The molecule has 0 aliphatic carbocycles. The number of nitrogens with zero attached hydrogens (tertiary/aromatic N) is 5. The number of carbonyl (C=O) groups excluding carboxylic acids is 2. The van der Waals surface area contributed by atoms with Gasteiger partial charge in [0.15, 0.2) is 5.82 Å². The van der Waals surface area contributed by atoms with E-state index >= 15 is 0 Å². The maximum atomic E-state index is 13.6. The van der Waals surface area contributed by atoms with Crippen molar-refractivity contribution >= 4 is 17.5 Å². The van der Waals surface area contributed by atoms with Crippen molar-refractivity contribution in [3.63, 3.8) is 0 Å². The third-order valence-corrected chi connectivity index (χ3v) is 4.37. The monoisotopic (exact) mass is 449 g/mol. The molecule has 0 aliphatic rings. The van der Waals surface area contributed by atoms with E-state index in [9.17, 15) is 28.5 Å². The van der Waals surface area contributed by atoms with Crippen LogP contribution in [0.5, 0.6) is 0 Å². The van der Waals surface area contributed by atoms with Crippen LogP contribution in [0.25, 0.3) is 0 Å². The zero-order valence-electron chi connectivity index (χ0n) is 16.9. The van der Waals surface area contributed by atoms with E-state index in [0.717, 1.165) is 18.2 Å². The highest BCUT2D eigenvalue weighted by Gasteiger charge is 2.23. The lowest BCUT2D eigenvalue weighted by atomic mass is 10.2. The average molecular weight is 449 g/mol. The van der Waals surface area contributed by atoms with Crippen molar-refractivity contribution in [2.24, 2.45) is 0 Å². The first-order valence-electron chi connectivity index (χ1n) is 9.20. The lowest BCUT2D eigenvalue weighted by molar-refractivity contribution is -0.386. The molecule has 2 amide bonds. The Bertz CT molecular complexity index is 1170. The van der Waals surface area contributed by atoms with Crippen molar-refractivity contribution in [1.82, 2.24) is 30.6 Å². The van der Waals surface area contributed by atoms with Gasteiger partial charge in [0.1, 0.15) is 35.1 Å². The molecular formula is C18H17F2N7O5. The Kier molecular flexibility index (Phi) is 6.51. The number of amides is 2. The van der Waals surface area contributed by atoms with Crippen LogP contribution in [-0.2, 0) is 6.54 Å². The number of nitro groups is 1. The van der Waals surface area contributed by atoms with Gasteiger partial charge in [-0.3, -0.25) is 24.4 Å². The first-order valence-corrected chi connectivity index (χ1v) is 9.20. The van der Waals surface area contributed by atoms with Crippen molar-refractivity contribution < 1.29 is 27.8 Å². The molecule has 0 unspecified atom stereocenters. The molecule has 0 radical (unpaired) electrons. The number of halogens is 2. The number of benzene rings is 1. The van der Waals surface area contributed by atoms with Gasteiger partial charge in [-0.25, -0.2) is 8.78 Å². The fraction of sp³-hybridized carbons (Fsp3) is 0.278. The summed E-state index contributed by atoms with van der Waals surface area (Å²) in [5.74, 6) is -4.01. The zero-order valence-corrected chi connectivity index (χ0v) is 16.9. The highest BCUT2D eigenvalue weighted by molar-refractivity contribution is 5.94. The SMILES string of the molecule is Cc1nn(Cc2noc(C(=O)NCCNC(=O)c3c(F)cccc3F)n2)c(C)c1[N+](=O)[O-]. The molecule has 0 aliphatic heterocycles. The highest BCUT2D eigenvalue weighted by atomic mass is 19.1. The van der Waals surface area contributed by atoms with E-state index in [1.54, 1.807) is 0 Å². The van der Waals surface area contributed by atoms with E-state index in [1.165, 1.54) is 18.5 Å². The number of hydrogen-bond acceptors (Lipinski definition) is 8. The number of aromatic nitrogens is 4. The van der Waals surface area contributed by atoms with Gasteiger partial charge in [0.2, 0.25) is 0 Å². The molecule has 1 aromatic carbocycles. The van der Waals surface area contributed by atoms with Crippen molar-refractivity contribution in [1.29, 1.82) is 0 Å². The second kappa shape index (κ2) is 9.28. The molecule has 0 fully saturated rings. The van der Waals surface area contributed by atoms with Crippen LogP contribution in [0.4, 0.5) is 14.5 Å². The van der Waals surface area contributed by atoms with E-state index in [4.69, 9.17) is 4.52 Å². The minimum Gasteiger partial charge on any atom is -0.350 e. The molecule has 3 aromatic rings. The van der Waals surface area contributed by atoms with Crippen molar-refractivity contribution in [2.45, 2.75) is 20.4 Å². The van der Waals surface area contributed by atoms with Crippen LogP contribution >= 0.6 is 0 Å². The number of carbonyl (C=O) groups is 2. The number of rotatable bonds is 8. The Morgan fingerprint density at radius 2 is 1.78 bits per heavy atom. The summed E-state index contributed by atoms with van der Waals surface area (Å²) in [6, 6.07) is 3.05. The summed E-state index contributed by atoms with van der Waals surface area (Å²) in [7, 11) is 0. The van der Waals surface area contributed by atoms with Crippen LogP contribution in [0.2, 0.25) is 0 Å². The van der Waals surface area contributed by atoms with E-state index < -0.39 is 33.9 Å². The summed E-state index contributed by atoms with van der Waals surface area (Å²) in [5.41, 5.74) is -0.315. The molecule has 3 rings (SSSR count). The van der Waals surface area contributed by atoms with E-state index in [0.29, 0.717) is 5.69 Å². The topological polar surface area (TPSA) is 158 Å². The maximum Gasteiger partial charge on any atom is 0.316 e.